The van der Waals surface area contributed by atoms with E-state index < -0.39 is 9.84 Å². The first-order valence-electron chi connectivity index (χ1n) is 4.09. The van der Waals surface area contributed by atoms with Gasteiger partial charge in [-0.3, -0.25) is 0 Å². The minimum atomic E-state index is -3.24. The molecule has 0 aliphatic heterocycles. The largest absolute Gasteiger partial charge is 0.398 e. The van der Waals surface area contributed by atoms with E-state index in [2.05, 4.69) is 0 Å². The van der Waals surface area contributed by atoms with E-state index in [1.165, 1.54) is 0 Å². The zero-order valence-electron chi connectivity index (χ0n) is 7.83. The van der Waals surface area contributed by atoms with Crippen LogP contribution in [0.25, 0.3) is 0 Å². The number of benzene rings is 1. The van der Waals surface area contributed by atoms with Crippen LogP contribution in [0.4, 0.5) is 5.69 Å². The van der Waals surface area contributed by atoms with E-state index >= 15 is 0 Å². The van der Waals surface area contributed by atoms with E-state index in [1.807, 2.05) is 0 Å². The molecule has 0 heterocycles. The van der Waals surface area contributed by atoms with E-state index in [0.717, 1.165) is 11.8 Å². The van der Waals surface area contributed by atoms with Crippen molar-refractivity contribution in [3.05, 3.63) is 23.8 Å². The van der Waals surface area contributed by atoms with Crippen molar-refractivity contribution >= 4 is 27.1 Å². The van der Waals surface area contributed by atoms with Gasteiger partial charge < -0.3 is 5.73 Å². The summed E-state index contributed by atoms with van der Waals surface area (Å²) in [6, 6.07) is 4.96. The van der Waals surface area contributed by atoms with Gasteiger partial charge in [0.25, 0.3) is 0 Å². The van der Waals surface area contributed by atoms with Crippen molar-refractivity contribution in [3.63, 3.8) is 0 Å². The Labute approximate surface area is 88.8 Å². The second-order valence-electron chi connectivity index (χ2n) is 3.08. The summed E-state index contributed by atoms with van der Waals surface area (Å²) < 4.78 is 22.6. The van der Waals surface area contributed by atoms with E-state index in [-0.39, 0.29) is 10.6 Å². The van der Waals surface area contributed by atoms with Crippen LogP contribution in [-0.2, 0) is 16.3 Å². The summed E-state index contributed by atoms with van der Waals surface area (Å²) in [6.45, 7) is 0. The highest BCUT2D eigenvalue weighted by molar-refractivity contribution is 7.90. The van der Waals surface area contributed by atoms with Crippen molar-refractivity contribution in [3.8, 4) is 0 Å². The molecule has 1 aromatic carbocycles. The molecule has 0 fully saturated rings. The second kappa shape index (κ2) is 4.19. The quantitative estimate of drug-likeness (QED) is 0.635. The van der Waals surface area contributed by atoms with Gasteiger partial charge in [-0.25, -0.2) is 8.42 Å². The van der Waals surface area contributed by atoms with Crippen molar-refractivity contribution in [2.45, 2.75) is 11.3 Å². The van der Waals surface area contributed by atoms with Gasteiger partial charge in [0.2, 0.25) is 0 Å². The van der Waals surface area contributed by atoms with Gasteiger partial charge in [0.1, 0.15) is 0 Å². The first-order chi connectivity index (χ1) is 6.45. The number of sulfone groups is 1. The lowest BCUT2D eigenvalue weighted by molar-refractivity contribution is 0.602. The Hall–Kier alpha value is -0.740. The van der Waals surface area contributed by atoms with Gasteiger partial charge in [0.15, 0.2) is 9.84 Å². The molecule has 0 aliphatic rings. The van der Waals surface area contributed by atoms with Crippen LogP contribution in [0, 0.1) is 0 Å². The smallest absolute Gasteiger partial charge is 0.177 e. The van der Waals surface area contributed by atoms with Crippen LogP contribution in [0.5, 0.6) is 0 Å². The van der Waals surface area contributed by atoms with Crippen LogP contribution in [0.1, 0.15) is 5.56 Å². The third kappa shape index (κ3) is 2.62. The highest BCUT2D eigenvalue weighted by Gasteiger charge is 2.11. The van der Waals surface area contributed by atoms with E-state index in [9.17, 15) is 8.42 Å². The zero-order valence-corrected chi connectivity index (χ0v) is 9.40. The van der Waals surface area contributed by atoms with Crippen molar-refractivity contribution in [1.82, 2.24) is 0 Å². The Morgan fingerprint density at radius 3 is 2.57 bits per heavy atom. The highest BCUT2D eigenvalue weighted by Crippen LogP contribution is 2.20. The van der Waals surface area contributed by atoms with Crippen molar-refractivity contribution < 1.29 is 8.42 Å². The minimum absolute atomic E-state index is 0.181. The summed E-state index contributed by atoms with van der Waals surface area (Å²) in [7, 11) is -3.24. The molecule has 0 amide bonds. The summed E-state index contributed by atoms with van der Waals surface area (Å²) in [5.41, 5.74) is 6.73. The van der Waals surface area contributed by atoms with Crippen molar-refractivity contribution in [2.24, 2.45) is 0 Å². The summed E-state index contributed by atoms with van der Waals surface area (Å²) in [5.74, 6) is 0.465. The third-order valence-electron chi connectivity index (χ3n) is 1.86. The standard InChI is InChI=1S/C9H12ClNO2S/c1-14(12,13)9-6-7(4-5-10)2-3-8(9)11/h2-3,6H,4-5,11H2,1H3. The van der Waals surface area contributed by atoms with Crippen molar-refractivity contribution in [1.29, 1.82) is 0 Å². The summed E-state index contributed by atoms with van der Waals surface area (Å²) in [4.78, 5) is 0.181. The molecule has 0 bridgehead atoms. The number of hydrogen-bond donors (Lipinski definition) is 1. The molecular formula is C9H12ClNO2S. The molecule has 0 unspecified atom stereocenters. The molecule has 5 heteroatoms. The van der Waals surface area contributed by atoms with Crippen LogP contribution in [0.3, 0.4) is 0 Å². The molecule has 1 rings (SSSR count). The fraction of sp³-hybridized carbons (Fsp3) is 0.333. The number of hydrogen-bond acceptors (Lipinski definition) is 3. The molecule has 0 radical (unpaired) electrons. The normalized spacial score (nSPS) is 11.6. The van der Waals surface area contributed by atoms with E-state index in [0.29, 0.717) is 12.3 Å². The molecule has 3 nitrogen and oxygen atoms in total. The molecule has 0 aliphatic carbocycles. The Kier molecular flexibility index (Phi) is 3.39. The van der Waals surface area contributed by atoms with Crippen LogP contribution in [0.2, 0.25) is 0 Å². The monoisotopic (exact) mass is 233 g/mol. The van der Waals surface area contributed by atoms with Gasteiger partial charge in [-0.05, 0) is 24.1 Å². The van der Waals surface area contributed by atoms with E-state index in [4.69, 9.17) is 17.3 Å². The van der Waals surface area contributed by atoms with Crippen LogP contribution in [-0.4, -0.2) is 20.6 Å². The number of nitrogen functional groups attached to an aromatic ring is 1. The van der Waals surface area contributed by atoms with E-state index in [1.54, 1.807) is 18.2 Å². The maximum absolute atomic E-state index is 11.3. The molecule has 0 spiro atoms. The molecular weight excluding hydrogens is 222 g/mol. The number of aryl methyl sites for hydroxylation is 1. The lowest BCUT2D eigenvalue weighted by Crippen LogP contribution is -2.03. The van der Waals surface area contributed by atoms with Gasteiger partial charge >= 0.3 is 0 Å². The van der Waals surface area contributed by atoms with Crippen LogP contribution < -0.4 is 5.73 Å². The number of rotatable bonds is 3. The van der Waals surface area contributed by atoms with Gasteiger partial charge in [-0.1, -0.05) is 6.07 Å². The Balaban J connectivity index is 3.22. The fourth-order valence-corrected chi connectivity index (χ4v) is 2.24. The second-order valence-corrected chi connectivity index (χ2v) is 5.45. The average molecular weight is 234 g/mol. The molecule has 14 heavy (non-hydrogen) atoms. The molecule has 0 aromatic heterocycles. The van der Waals surface area contributed by atoms with Gasteiger partial charge in [-0.2, -0.15) is 0 Å². The first-order valence-corrected chi connectivity index (χ1v) is 6.52. The minimum Gasteiger partial charge on any atom is -0.398 e. The average Bonchev–Trinajstić information content (AvgIpc) is 2.07. The Morgan fingerprint density at radius 2 is 2.07 bits per heavy atom. The molecule has 2 N–H and O–H groups in total. The predicted molar refractivity (Wildman–Crippen MR) is 58.4 cm³/mol. The number of nitrogens with two attached hydrogens (primary N) is 1. The fourth-order valence-electron chi connectivity index (χ4n) is 1.16. The number of halogens is 1. The Morgan fingerprint density at radius 1 is 1.43 bits per heavy atom. The number of anilines is 1. The lowest BCUT2D eigenvalue weighted by atomic mass is 10.1. The molecule has 78 valence electrons. The number of alkyl halides is 1. The third-order valence-corrected chi connectivity index (χ3v) is 3.20. The first kappa shape index (κ1) is 11.3. The lowest BCUT2D eigenvalue weighted by Gasteiger charge is -2.05. The molecule has 0 saturated carbocycles. The summed E-state index contributed by atoms with van der Waals surface area (Å²) in [5, 5.41) is 0. The summed E-state index contributed by atoms with van der Waals surface area (Å²) >= 11 is 5.56. The topological polar surface area (TPSA) is 60.2 Å². The van der Waals surface area contributed by atoms with Gasteiger partial charge in [0.05, 0.1) is 10.6 Å². The Bertz CT molecular complexity index is 428. The summed E-state index contributed by atoms with van der Waals surface area (Å²) in [6.07, 6.45) is 1.79. The van der Waals surface area contributed by atoms with Crippen LogP contribution >= 0.6 is 11.6 Å². The van der Waals surface area contributed by atoms with Gasteiger partial charge in [0, 0.05) is 12.1 Å². The van der Waals surface area contributed by atoms with Gasteiger partial charge in [-0.15, -0.1) is 11.6 Å². The molecule has 0 saturated heterocycles. The van der Waals surface area contributed by atoms with Crippen molar-refractivity contribution in [2.75, 3.05) is 17.9 Å². The zero-order chi connectivity index (χ0) is 10.8. The highest BCUT2D eigenvalue weighted by atomic mass is 35.5. The SMILES string of the molecule is CS(=O)(=O)c1cc(CCCl)ccc1N. The molecule has 0 atom stereocenters. The predicted octanol–water partition coefficient (Wildman–Crippen LogP) is 1.45. The maximum Gasteiger partial charge on any atom is 0.177 e. The maximum atomic E-state index is 11.3. The van der Waals surface area contributed by atoms with Crippen LogP contribution in [0.15, 0.2) is 23.1 Å². The molecule has 1 aromatic rings.